The van der Waals surface area contributed by atoms with Crippen LogP contribution in [-0.4, -0.2) is 30.3 Å². The van der Waals surface area contributed by atoms with Gasteiger partial charge in [0.15, 0.2) is 5.65 Å². The highest BCUT2D eigenvalue weighted by Gasteiger charge is 2.13. The predicted molar refractivity (Wildman–Crippen MR) is 127 cm³/mol. The number of rotatable bonds is 6. The Bertz CT molecular complexity index is 1430. The number of anilines is 1. The second-order valence-electron chi connectivity index (χ2n) is 7.66. The predicted octanol–water partition coefficient (Wildman–Crippen LogP) is 3.86. The monoisotopic (exact) mass is 437 g/mol. The summed E-state index contributed by atoms with van der Waals surface area (Å²) in [5.74, 6) is -0.165. The third-order valence-corrected chi connectivity index (χ3v) is 5.59. The highest BCUT2D eigenvalue weighted by molar-refractivity contribution is 6.04. The number of carbonyl (C=O) groups is 1. The van der Waals surface area contributed by atoms with Crippen molar-refractivity contribution in [3.05, 3.63) is 96.1 Å². The topological polar surface area (TPSA) is 103 Å². The van der Waals surface area contributed by atoms with E-state index in [2.05, 4.69) is 27.4 Å². The average molecular weight is 438 g/mol. The van der Waals surface area contributed by atoms with Gasteiger partial charge in [-0.3, -0.25) is 4.79 Å². The van der Waals surface area contributed by atoms with E-state index in [0.717, 1.165) is 34.6 Å². The van der Waals surface area contributed by atoms with Crippen molar-refractivity contribution in [2.45, 2.75) is 19.9 Å². The van der Waals surface area contributed by atoms with Gasteiger partial charge in [0, 0.05) is 35.8 Å². The molecule has 5 aromatic rings. The zero-order chi connectivity index (χ0) is 22.8. The van der Waals surface area contributed by atoms with Gasteiger partial charge in [0.05, 0.1) is 23.8 Å². The quantitative estimate of drug-likeness (QED) is 0.420. The maximum Gasteiger partial charge on any atom is 0.255 e. The second-order valence-corrected chi connectivity index (χ2v) is 7.66. The van der Waals surface area contributed by atoms with Crippen LogP contribution in [0.15, 0.2) is 79.4 Å². The summed E-state index contributed by atoms with van der Waals surface area (Å²) < 4.78 is 3.53. The van der Waals surface area contributed by atoms with E-state index in [4.69, 9.17) is 5.73 Å². The molecule has 3 heterocycles. The number of carbonyl (C=O) groups excluding carboxylic acids is 1. The Morgan fingerprint density at radius 3 is 2.70 bits per heavy atom. The molecule has 0 saturated heterocycles. The molecule has 5 rings (SSSR count). The number of hydrogen-bond donors (Lipinski definition) is 2. The summed E-state index contributed by atoms with van der Waals surface area (Å²) in [7, 11) is 0. The van der Waals surface area contributed by atoms with E-state index in [-0.39, 0.29) is 5.91 Å². The minimum absolute atomic E-state index is 0.165. The lowest BCUT2D eigenvalue weighted by molar-refractivity contribution is 0.102. The van der Waals surface area contributed by atoms with Crippen molar-refractivity contribution in [2.24, 2.45) is 5.73 Å². The molecule has 8 heteroatoms. The molecule has 0 unspecified atom stereocenters. The number of benzene rings is 2. The highest BCUT2D eigenvalue weighted by Crippen LogP contribution is 2.24. The van der Waals surface area contributed by atoms with E-state index < -0.39 is 0 Å². The van der Waals surface area contributed by atoms with Crippen molar-refractivity contribution in [1.29, 1.82) is 0 Å². The largest absolute Gasteiger partial charge is 0.326 e. The summed E-state index contributed by atoms with van der Waals surface area (Å²) in [6, 6.07) is 17.0. The number of aromatic nitrogens is 5. The van der Waals surface area contributed by atoms with Crippen molar-refractivity contribution in [3.63, 3.8) is 0 Å². The van der Waals surface area contributed by atoms with Crippen LogP contribution in [0.1, 0.15) is 28.4 Å². The molecule has 1 amide bonds. The van der Waals surface area contributed by atoms with Gasteiger partial charge in [0.1, 0.15) is 0 Å². The van der Waals surface area contributed by atoms with Gasteiger partial charge in [-0.05, 0) is 53.9 Å². The number of nitrogens with zero attached hydrogens (tertiary/aromatic N) is 5. The van der Waals surface area contributed by atoms with Crippen LogP contribution in [0.2, 0.25) is 0 Å². The number of amides is 1. The Kier molecular flexibility index (Phi) is 5.42. The molecule has 164 valence electrons. The fraction of sp³-hybridized carbons (Fsp3) is 0.120. The molecular weight excluding hydrogens is 414 g/mol. The minimum Gasteiger partial charge on any atom is -0.326 e. The number of nitrogens with one attached hydrogen (secondary N) is 1. The minimum atomic E-state index is -0.165. The number of fused-ring (bicyclic) bond motifs is 1. The molecule has 0 aliphatic heterocycles. The standard InChI is InChI=1S/C25H23N7O/c1-2-17-5-7-18(8-6-17)25(33)30-21-10-9-19(13-26)22(12-21)31-16-20(14-29-31)23-15-27-24-4-3-11-28-32(23)24/h3-12,14-16H,2,13,26H2,1H3,(H,30,33). The highest BCUT2D eigenvalue weighted by atomic mass is 16.1. The van der Waals surface area contributed by atoms with Crippen LogP contribution in [-0.2, 0) is 13.0 Å². The normalized spacial score (nSPS) is 11.1. The van der Waals surface area contributed by atoms with Crippen molar-refractivity contribution >= 4 is 17.2 Å². The molecule has 33 heavy (non-hydrogen) atoms. The lowest BCUT2D eigenvalue weighted by Gasteiger charge is -2.12. The third kappa shape index (κ3) is 3.99. The molecule has 0 atom stereocenters. The van der Waals surface area contributed by atoms with E-state index in [1.54, 1.807) is 27.8 Å². The van der Waals surface area contributed by atoms with E-state index in [9.17, 15) is 4.79 Å². The van der Waals surface area contributed by atoms with Crippen molar-refractivity contribution < 1.29 is 4.79 Å². The third-order valence-electron chi connectivity index (χ3n) is 5.59. The van der Waals surface area contributed by atoms with Crippen LogP contribution in [0.5, 0.6) is 0 Å². The summed E-state index contributed by atoms with van der Waals surface area (Å²) in [4.78, 5) is 17.1. The van der Waals surface area contributed by atoms with Crippen molar-refractivity contribution in [2.75, 3.05) is 5.32 Å². The molecule has 0 saturated carbocycles. The molecule has 0 aliphatic carbocycles. The smallest absolute Gasteiger partial charge is 0.255 e. The Balaban J connectivity index is 1.45. The summed E-state index contributed by atoms with van der Waals surface area (Å²) >= 11 is 0. The number of nitrogens with two attached hydrogens (primary N) is 1. The maximum absolute atomic E-state index is 12.7. The number of imidazole rings is 1. The molecule has 0 bridgehead atoms. The van der Waals surface area contributed by atoms with Crippen LogP contribution in [0, 0.1) is 0 Å². The molecule has 0 spiro atoms. The van der Waals surface area contributed by atoms with Crippen molar-refractivity contribution in [3.8, 4) is 16.9 Å². The first-order valence-corrected chi connectivity index (χ1v) is 10.7. The van der Waals surface area contributed by atoms with Crippen LogP contribution in [0.25, 0.3) is 22.6 Å². The van der Waals surface area contributed by atoms with Crippen LogP contribution >= 0.6 is 0 Å². The van der Waals surface area contributed by atoms with E-state index >= 15 is 0 Å². The van der Waals surface area contributed by atoms with Gasteiger partial charge < -0.3 is 11.1 Å². The Labute approximate surface area is 190 Å². The summed E-state index contributed by atoms with van der Waals surface area (Å²) in [6.07, 6.45) is 8.09. The average Bonchev–Trinajstić information content (AvgIpc) is 3.51. The van der Waals surface area contributed by atoms with Gasteiger partial charge in [0.2, 0.25) is 0 Å². The molecule has 3 N–H and O–H groups in total. The SMILES string of the molecule is CCc1ccc(C(=O)Nc2ccc(CN)c(-n3cc(-c4cnc5cccnn45)cn3)c2)cc1. The molecule has 0 radical (unpaired) electrons. The molecule has 8 nitrogen and oxygen atoms in total. The zero-order valence-electron chi connectivity index (χ0n) is 18.1. The van der Waals surface area contributed by atoms with Gasteiger partial charge >= 0.3 is 0 Å². The fourth-order valence-corrected chi connectivity index (χ4v) is 3.74. The fourth-order valence-electron chi connectivity index (χ4n) is 3.74. The first-order valence-electron chi connectivity index (χ1n) is 10.7. The van der Waals surface area contributed by atoms with E-state index in [1.165, 1.54) is 5.56 Å². The van der Waals surface area contributed by atoms with E-state index in [1.807, 2.05) is 60.8 Å². The van der Waals surface area contributed by atoms with Crippen molar-refractivity contribution in [1.82, 2.24) is 24.4 Å². The van der Waals surface area contributed by atoms with Gasteiger partial charge in [-0.25, -0.2) is 14.2 Å². The Morgan fingerprint density at radius 2 is 1.91 bits per heavy atom. The van der Waals surface area contributed by atoms with Gasteiger partial charge in [-0.1, -0.05) is 25.1 Å². The summed E-state index contributed by atoms with van der Waals surface area (Å²) in [5, 5.41) is 11.9. The second kappa shape index (κ2) is 8.68. The molecule has 3 aromatic heterocycles. The summed E-state index contributed by atoms with van der Waals surface area (Å²) in [6.45, 7) is 2.43. The van der Waals surface area contributed by atoms with Gasteiger partial charge in [0.25, 0.3) is 5.91 Å². The van der Waals surface area contributed by atoms with E-state index in [0.29, 0.717) is 17.8 Å². The maximum atomic E-state index is 12.7. The van der Waals surface area contributed by atoms with Crippen LogP contribution in [0.3, 0.4) is 0 Å². The number of hydrogen-bond acceptors (Lipinski definition) is 5. The summed E-state index contributed by atoms with van der Waals surface area (Å²) in [5.41, 5.74) is 12.6. The zero-order valence-corrected chi connectivity index (χ0v) is 18.1. The van der Waals surface area contributed by atoms with Gasteiger partial charge in [-0.2, -0.15) is 10.2 Å². The molecule has 0 aliphatic rings. The van der Waals surface area contributed by atoms with Gasteiger partial charge in [-0.15, -0.1) is 0 Å². The molecule has 2 aromatic carbocycles. The van der Waals surface area contributed by atoms with Crippen LogP contribution < -0.4 is 11.1 Å². The first-order chi connectivity index (χ1) is 16.2. The Hall–Kier alpha value is -4.30. The van der Waals surface area contributed by atoms with Crippen LogP contribution in [0.4, 0.5) is 5.69 Å². The first kappa shape index (κ1) is 20.6. The lowest BCUT2D eigenvalue weighted by atomic mass is 10.1. The molecular formula is C25H23N7O. The Morgan fingerprint density at radius 1 is 1.06 bits per heavy atom. The number of aryl methyl sites for hydroxylation is 1. The lowest BCUT2D eigenvalue weighted by Crippen LogP contribution is -2.13. The molecule has 0 fully saturated rings.